The second-order valence-electron chi connectivity index (χ2n) is 1.79. The van der Waals surface area contributed by atoms with Crippen molar-refractivity contribution in [3.63, 3.8) is 0 Å². The van der Waals surface area contributed by atoms with Crippen molar-refractivity contribution in [1.82, 2.24) is 10.9 Å². The SMILES string of the molecule is CC1=CC=C(C#N)NN1. The number of hydrazine groups is 1. The molecular weight excluding hydrogens is 114 g/mol. The van der Waals surface area contributed by atoms with Crippen LogP contribution in [0.4, 0.5) is 0 Å². The van der Waals surface area contributed by atoms with E-state index < -0.39 is 0 Å². The Labute approximate surface area is 53.6 Å². The van der Waals surface area contributed by atoms with Gasteiger partial charge < -0.3 is 5.43 Å². The van der Waals surface area contributed by atoms with Gasteiger partial charge in [0, 0.05) is 5.70 Å². The summed E-state index contributed by atoms with van der Waals surface area (Å²) in [5.41, 5.74) is 7.05. The first-order chi connectivity index (χ1) is 4.33. The first-order valence-corrected chi connectivity index (χ1v) is 2.63. The van der Waals surface area contributed by atoms with Gasteiger partial charge in [-0.2, -0.15) is 5.26 Å². The average molecular weight is 121 g/mol. The van der Waals surface area contributed by atoms with Gasteiger partial charge in [0.1, 0.15) is 11.8 Å². The molecule has 0 saturated heterocycles. The Kier molecular flexibility index (Phi) is 1.41. The van der Waals surface area contributed by atoms with Crippen molar-refractivity contribution in [2.75, 3.05) is 0 Å². The van der Waals surface area contributed by atoms with Crippen molar-refractivity contribution in [2.24, 2.45) is 0 Å². The van der Waals surface area contributed by atoms with Crippen molar-refractivity contribution < 1.29 is 0 Å². The molecule has 0 unspecified atom stereocenters. The summed E-state index contributed by atoms with van der Waals surface area (Å²) in [6.07, 6.45) is 3.57. The Hall–Kier alpha value is -1.43. The number of hydrogen-bond donors (Lipinski definition) is 2. The van der Waals surface area contributed by atoms with Crippen LogP contribution in [-0.2, 0) is 0 Å². The van der Waals surface area contributed by atoms with Crippen LogP contribution < -0.4 is 10.9 Å². The first kappa shape index (κ1) is 5.70. The molecule has 9 heavy (non-hydrogen) atoms. The van der Waals surface area contributed by atoms with Crippen molar-refractivity contribution in [3.8, 4) is 6.07 Å². The lowest BCUT2D eigenvalue weighted by Gasteiger charge is -2.11. The van der Waals surface area contributed by atoms with Crippen molar-refractivity contribution >= 4 is 0 Å². The molecule has 3 nitrogen and oxygen atoms in total. The molecule has 3 heteroatoms. The topological polar surface area (TPSA) is 47.9 Å². The molecule has 0 fully saturated rings. The third kappa shape index (κ3) is 1.23. The van der Waals surface area contributed by atoms with Crippen LogP contribution in [0.2, 0.25) is 0 Å². The number of nitrogens with one attached hydrogen (secondary N) is 2. The maximum Gasteiger partial charge on any atom is 0.132 e. The van der Waals surface area contributed by atoms with Gasteiger partial charge >= 0.3 is 0 Å². The lowest BCUT2D eigenvalue weighted by molar-refractivity contribution is 0.695. The van der Waals surface area contributed by atoms with Gasteiger partial charge in [-0.3, -0.25) is 5.43 Å². The fourth-order valence-electron chi connectivity index (χ4n) is 0.523. The number of allylic oxidation sites excluding steroid dienone is 4. The highest BCUT2D eigenvalue weighted by Crippen LogP contribution is 1.95. The van der Waals surface area contributed by atoms with E-state index >= 15 is 0 Å². The van der Waals surface area contributed by atoms with Crippen molar-refractivity contribution in [3.05, 3.63) is 23.5 Å². The van der Waals surface area contributed by atoms with E-state index in [0.29, 0.717) is 5.70 Å². The van der Waals surface area contributed by atoms with E-state index in [1.807, 2.05) is 19.1 Å². The molecule has 2 N–H and O–H groups in total. The molecule has 1 aliphatic heterocycles. The molecular formula is C6H7N3. The van der Waals surface area contributed by atoms with E-state index in [0.717, 1.165) is 5.70 Å². The molecule has 0 aromatic rings. The predicted molar refractivity (Wildman–Crippen MR) is 33.7 cm³/mol. The lowest BCUT2D eigenvalue weighted by atomic mass is 10.3. The molecule has 1 heterocycles. The van der Waals surface area contributed by atoms with E-state index in [1.54, 1.807) is 6.08 Å². The minimum atomic E-state index is 0.542. The summed E-state index contributed by atoms with van der Waals surface area (Å²) in [5, 5.41) is 8.33. The predicted octanol–water partition coefficient (Wildman–Crippen LogP) is 0.405. The number of nitrogens with zero attached hydrogens (tertiary/aromatic N) is 1. The van der Waals surface area contributed by atoms with Crippen LogP contribution in [0.15, 0.2) is 23.5 Å². The van der Waals surface area contributed by atoms with E-state index in [-0.39, 0.29) is 0 Å². The van der Waals surface area contributed by atoms with Gasteiger partial charge in [0.15, 0.2) is 0 Å². The molecule has 0 radical (unpaired) electrons. The summed E-state index contributed by atoms with van der Waals surface area (Å²) in [6, 6.07) is 1.97. The summed E-state index contributed by atoms with van der Waals surface area (Å²) in [6.45, 7) is 1.91. The van der Waals surface area contributed by atoms with Gasteiger partial charge in [-0.1, -0.05) is 0 Å². The van der Waals surface area contributed by atoms with Crippen LogP contribution in [0.5, 0.6) is 0 Å². The lowest BCUT2D eigenvalue weighted by Crippen LogP contribution is -2.30. The van der Waals surface area contributed by atoms with Crippen LogP contribution in [0, 0.1) is 11.3 Å². The van der Waals surface area contributed by atoms with E-state index in [4.69, 9.17) is 5.26 Å². The van der Waals surface area contributed by atoms with Crippen LogP contribution in [0.25, 0.3) is 0 Å². The van der Waals surface area contributed by atoms with Crippen LogP contribution >= 0.6 is 0 Å². The van der Waals surface area contributed by atoms with Crippen LogP contribution in [-0.4, -0.2) is 0 Å². The maximum atomic E-state index is 8.33. The average Bonchev–Trinajstić information content (AvgIpc) is 1.90. The fraction of sp³-hybridized carbons (Fsp3) is 0.167. The zero-order chi connectivity index (χ0) is 6.69. The molecule has 0 atom stereocenters. The third-order valence-electron chi connectivity index (χ3n) is 1.01. The molecule has 0 spiro atoms. The summed E-state index contributed by atoms with van der Waals surface area (Å²) in [7, 11) is 0. The second kappa shape index (κ2) is 2.23. The Morgan fingerprint density at radius 2 is 2.22 bits per heavy atom. The molecule has 0 aromatic heterocycles. The standard InChI is InChI=1S/C6H7N3/c1-5-2-3-6(4-7)9-8-5/h2-3,8-9H,1H3. The Balaban J connectivity index is 2.73. The van der Waals surface area contributed by atoms with Crippen LogP contribution in [0.1, 0.15) is 6.92 Å². The molecule has 0 amide bonds. The number of hydrogen-bond acceptors (Lipinski definition) is 3. The van der Waals surface area contributed by atoms with Crippen molar-refractivity contribution in [1.29, 1.82) is 5.26 Å². The van der Waals surface area contributed by atoms with E-state index in [1.165, 1.54) is 0 Å². The largest absolute Gasteiger partial charge is 0.305 e. The van der Waals surface area contributed by atoms with Gasteiger partial charge in [0.25, 0.3) is 0 Å². The Bertz CT molecular complexity index is 207. The molecule has 0 saturated carbocycles. The van der Waals surface area contributed by atoms with Gasteiger partial charge in [-0.25, -0.2) is 0 Å². The minimum absolute atomic E-state index is 0.542. The third-order valence-corrected chi connectivity index (χ3v) is 1.01. The summed E-state index contributed by atoms with van der Waals surface area (Å²) in [4.78, 5) is 0. The molecule has 1 rings (SSSR count). The van der Waals surface area contributed by atoms with E-state index in [2.05, 4.69) is 10.9 Å². The quantitative estimate of drug-likeness (QED) is 0.488. The van der Waals surface area contributed by atoms with Crippen LogP contribution in [0.3, 0.4) is 0 Å². The van der Waals surface area contributed by atoms with Gasteiger partial charge in [-0.05, 0) is 19.1 Å². The number of rotatable bonds is 0. The normalized spacial score (nSPS) is 16.0. The zero-order valence-corrected chi connectivity index (χ0v) is 5.10. The van der Waals surface area contributed by atoms with E-state index in [9.17, 15) is 0 Å². The highest BCUT2D eigenvalue weighted by atomic mass is 15.4. The van der Waals surface area contributed by atoms with Gasteiger partial charge in [0.2, 0.25) is 0 Å². The molecule has 0 bridgehead atoms. The zero-order valence-electron chi connectivity index (χ0n) is 5.10. The second-order valence-corrected chi connectivity index (χ2v) is 1.79. The smallest absolute Gasteiger partial charge is 0.132 e. The Morgan fingerprint density at radius 1 is 1.44 bits per heavy atom. The maximum absolute atomic E-state index is 8.33. The molecule has 0 aliphatic carbocycles. The molecule has 0 aromatic carbocycles. The molecule has 1 aliphatic rings. The summed E-state index contributed by atoms with van der Waals surface area (Å²) < 4.78 is 0. The fourth-order valence-corrected chi connectivity index (χ4v) is 0.523. The summed E-state index contributed by atoms with van der Waals surface area (Å²) in [5.74, 6) is 0. The highest BCUT2D eigenvalue weighted by Gasteiger charge is 1.96. The summed E-state index contributed by atoms with van der Waals surface area (Å²) >= 11 is 0. The monoisotopic (exact) mass is 121 g/mol. The first-order valence-electron chi connectivity index (χ1n) is 2.63. The number of nitriles is 1. The molecule has 46 valence electrons. The van der Waals surface area contributed by atoms with Crippen molar-refractivity contribution in [2.45, 2.75) is 6.92 Å². The Morgan fingerprint density at radius 3 is 2.67 bits per heavy atom. The van der Waals surface area contributed by atoms with Gasteiger partial charge in [-0.15, -0.1) is 0 Å². The minimum Gasteiger partial charge on any atom is -0.305 e. The highest BCUT2D eigenvalue weighted by molar-refractivity contribution is 5.28. The van der Waals surface area contributed by atoms with Gasteiger partial charge in [0.05, 0.1) is 0 Å².